The largest absolute Gasteiger partial charge is 0.497 e. The number of rotatable bonds is 11. The van der Waals surface area contributed by atoms with E-state index in [4.69, 9.17) is 14.5 Å². The first-order chi connectivity index (χ1) is 13.0. The van der Waals surface area contributed by atoms with Gasteiger partial charge in [0.1, 0.15) is 11.5 Å². The van der Waals surface area contributed by atoms with Gasteiger partial charge in [-0.1, -0.05) is 13.8 Å². The molecule has 1 atom stereocenters. The zero-order valence-electron chi connectivity index (χ0n) is 17.8. The van der Waals surface area contributed by atoms with Gasteiger partial charge in [-0.05, 0) is 56.7 Å². The zero-order chi connectivity index (χ0) is 20.3. The van der Waals surface area contributed by atoms with Gasteiger partial charge in [0, 0.05) is 25.3 Å². The van der Waals surface area contributed by atoms with Crippen LogP contribution in [-0.2, 0) is 0 Å². The van der Waals surface area contributed by atoms with Gasteiger partial charge in [0.05, 0.1) is 20.3 Å². The molecule has 0 spiro atoms. The van der Waals surface area contributed by atoms with Crippen LogP contribution in [0.2, 0.25) is 0 Å². The van der Waals surface area contributed by atoms with Crippen molar-refractivity contribution < 1.29 is 14.6 Å². The molecule has 1 rings (SSSR count). The predicted molar refractivity (Wildman–Crippen MR) is 112 cm³/mol. The summed E-state index contributed by atoms with van der Waals surface area (Å²) in [7, 11) is 3.33. The first kappa shape index (κ1) is 23.1. The maximum atomic E-state index is 9.43. The van der Waals surface area contributed by atoms with E-state index >= 15 is 0 Å². The summed E-state index contributed by atoms with van der Waals surface area (Å²) >= 11 is 0. The topological polar surface area (TPSA) is 75.1 Å². The fourth-order valence-corrected chi connectivity index (χ4v) is 3.17. The van der Waals surface area contributed by atoms with Gasteiger partial charge in [-0.25, -0.2) is 0 Å². The third-order valence-electron chi connectivity index (χ3n) is 5.32. The third kappa shape index (κ3) is 6.61. The molecule has 0 radical (unpaired) electrons. The van der Waals surface area contributed by atoms with E-state index in [0.717, 1.165) is 48.8 Å². The van der Waals surface area contributed by atoms with E-state index in [1.807, 2.05) is 18.2 Å². The lowest BCUT2D eigenvalue weighted by Crippen LogP contribution is -2.40. The number of nitrogens with one attached hydrogen (secondary N) is 2. The van der Waals surface area contributed by atoms with Crippen LogP contribution in [0.1, 0.15) is 58.6 Å². The molecule has 27 heavy (non-hydrogen) atoms. The number of aliphatic hydroxyl groups excluding tert-OH is 1. The van der Waals surface area contributed by atoms with Gasteiger partial charge in [-0.15, -0.1) is 0 Å². The molecule has 1 aromatic rings. The minimum Gasteiger partial charge on any atom is -0.497 e. The van der Waals surface area contributed by atoms with Gasteiger partial charge in [-0.2, -0.15) is 0 Å². The van der Waals surface area contributed by atoms with Crippen molar-refractivity contribution in [2.75, 3.05) is 33.9 Å². The van der Waals surface area contributed by atoms with E-state index in [0.29, 0.717) is 6.54 Å². The Balaban J connectivity index is 3.02. The minimum absolute atomic E-state index is 0.0108. The molecule has 3 N–H and O–H groups in total. The summed E-state index contributed by atoms with van der Waals surface area (Å²) in [4.78, 5) is 4.82. The standard InChI is InChI=1S/C21H37N3O3/c1-7-21(8-2,12-13-25)15-23-20(22-9-3)24-16(4)18-14-17(26-5)10-11-19(18)27-6/h10-11,14,16,25H,7-9,12-13,15H2,1-6H3,(H2,22,23,24). The second kappa shape index (κ2) is 11.7. The highest BCUT2D eigenvalue weighted by Gasteiger charge is 2.25. The molecule has 0 saturated heterocycles. The molecule has 0 aliphatic rings. The van der Waals surface area contributed by atoms with E-state index in [1.165, 1.54) is 0 Å². The van der Waals surface area contributed by atoms with Crippen LogP contribution in [0.25, 0.3) is 0 Å². The summed E-state index contributed by atoms with van der Waals surface area (Å²) in [6, 6.07) is 5.77. The Kier molecular flexibility index (Phi) is 10.0. The molecule has 0 heterocycles. The third-order valence-corrected chi connectivity index (χ3v) is 5.32. The van der Waals surface area contributed by atoms with Crippen LogP contribution < -0.4 is 20.1 Å². The van der Waals surface area contributed by atoms with Gasteiger partial charge in [0.15, 0.2) is 5.96 Å². The van der Waals surface area contributed by atoms with Crippen molar-refractivity contribution in [1.29, 1.82) is 0 Å². The Bertz CT molecular complexity index is 586. The second-order valence-corrected chi connectivity index (χ2v) is 6.85. The Hall–Kier alpha value is -1.95. The van der Waals surface area contributed by atoms with Crippen molar-refractivity contribution in [3.05, 3.63) is 23.8 Å². The lowest BCUT2D eigenvalue weighted by atomic mass is 9.79. The minimum atomic E-state index is -0.0108. The number of hydrogen-bond acceptors (Lipinski definition) is 4. The highest BCUT2D eigenvalue weighted by Crippen LogP contribution is 2.31. The monoisotopic (exact) mass is 379 g/mol. The van der Waals surface area contributed by atoms with Crippen LogP contribution in [0.3, 0.4) is 0 Å². The first-order valence-electron chi connectivity index (χ1n) is 9.86. The van der Waals surface area contributed by atoms with Gasteiger partial charge in [-0.3, -0.25) is 4.99 Å². The number of methoxy groups -OCH3 is 2. The number of nitrogens with zero attached hydrogens (tertiary/aromatic N) is 1. The van der Waals surface area contributed by atoms with Crippen LogP contribution in [0.15, 0.2) is 23.2 Å². The number of aliphatic imine (C=N–C) groups is 1. The van der Waals surface area contributed by atoms with Crippen molar-refractivity contribution in [2.24, 2.45) is 10.4 Å². The molecule has 0 aromatic heterocycles. The summed E-state index contributed by atoms with van der Waals surface area (Å²) in [5.74, 6) is 2.36. The van der Waals surface area contributed by atoms with Crippen LogP contribution in [0.5, 0.6) is 11.5 Å². The van der Waals surface area contributed by atoms with Crippen molar-refractivity contribution >= 4 is 5.96 Å². The van der Waals surface area contributed by atoms with E-state index in [1.54, 1.807) is 14.2 Å². The molecule has 0 bridgehead atoms. The van der Waals surface area contributed by atoms with E-state index < -0.39 is 0 Å². The normalized spacial score (nSPS) is 13.2. The van der Waals surface area contributed by atoms with Crippen molar-refractivity contribution in [1.82, 2.24) is 10.6 Å². The summed E-state index contributed by atoms with van der Waals surface area (Å²) in [5.41, 5.74) is 1.05. The van der Waals surface area contributed by atoms with Crippen LogP contribution >= 0.6 is 0 Å². The molecule has 154 valence electrons. The van der Waals surface area contributed by atoms with Crippen LogP contribution in [0.4, 0.5) is 0 Å². The number of guanidine groups is 1. The van der Waals surface area contributed by atoms with E-state index in [9.17, 15) is 5.11 Å². The Morgan fingerprint density at radius 3 is 2.41 bits per heavy atom. The molecular formula is C21H37N3O3. The maximum absolute atomic E-state index is 9.43. The smallest absolute Gasteiger partial charge is 0.191 e. The molecule has 0 aliphatic carbocycles. The molecule has 0 saturated carbocycles. The Morgan fingerprint density at radius 1 is 1.19 bits per heavy atom. The zero-order valence-corrected chi connectivity index (χ0v) is 17.8. The lowest BCUT2D eigenvalue weighted by molar-refractivity contribution is 0.175. The number of ether oxygens (including phenoxy) is 2. The molecule has 0 fully saturated rings. The van der Waals surface area contributed by atoms with Gasteiger partial charge in [0.25, 0.3) is 0 Å². The number of aliphatic hydroxyl groups is 1. The Morgan fingerprint density at radius 2 is 1.89 bits per heavy atom. The summed E-state index contributed by atoms with van der Waals surface area (Å²) in [5, 5.41) is 16.2. The number of benzene rings is 1. The summed E-state index contributed by atoms with van der Waals surface area (Å²) in [6.07, 6.45) is 2.75. The molecule has 0 amide bonds. The molecule has 1 unspecified atom stereocenters. The highest BCUT2D eigenvalue weighted by molar-refractivity contribution is 5.80. The van der Waals surface area contributed by atoms with Gasteiger partial charge in [0.2, 0.25) is 0 Å². The highest BCUT2D eigenvalue weighted by atomic mass is 16.5. The van der Waals surface area contributed by atoms with Gasteiger partial charge >= 0.3 is 0 Å². The average Bonchev–Trinajstić information content (AvgIpc) is 2.70. The number of hydrogen-bond donors (Lipinski definition) is 3. The molecule has 1 aromatic carbocycles. The van der Waals surface area contributed by atoms with Crippen LogP contribution in [-0.4, -0.2) is 45.0 Å². The first-order valence-corrected chi connectivity index (χ1v) is 9.86. The molecule has 0 aliphatic heterocycles. The summed E-state index contributed by atoms with van der Waals surface area (Å²) in [6.45, 7) is 10.1. The maximum Gasteiger partial charge on any atom is 0.191 e. The van der Waals surface area contributed by atoms with Crippen molar-refractivity contribution in [3.8, 4) is 11.5 Å². The van der Waals surface area contributed by atoms with E-state index in [2.05, 4.69) is 38.3 Å². The fraction of sp³-hybridized carbons (Fsp3) is 0.667. The SMILES string of the molecule is CCNC(=NCC(CC)(CC)CCO)NC(C)c1cc(OC)ccc1OC. The van der Waals surface area contributed by atoms with Gasteiger partial charge < -0.3 is 25.2 Å². The molecule has 6 nitrogen and oxygen atoms in total. The summed E-state index contributed by atoms with van der Waals surface area (Å²) < 4.78 is 10.9. The van der Waals surface area contributed by atoms with Crippen molar-refractivity contribution in [3.63, 3.8) is 0 Å². The average molecular weight is 380 g/mol. The second-order valence-electron chi connectivity index (χ2n) is 6.85. The Labute approximate surface area is 164 Å². The van der Waals surface area contributed by atoms with E-state index in [-0.39, 0.29) is 18.1 Å². The van der Waals surface area contributed by atoms with Crippen molar-refractivity contribution in [2.45, 2.75) is 53.0 Å². The molecular weight excluding hydrogens is 342 g/mol. The van der Waals surface area contributed by atoms with Crippen LogP contribution in [0, 0.1) is 5.41 Å². The fourth-order valence-electron chi connectivity index (χ4n) is 3.17. The quantitative estimate of drug-likeness (QED) is 0.405. The predicted octanol–water partition coefficient (Wildman–Crippen LogP) is 3.51. The molecule has 6 heteroatoms. The lowest BCUT2D eigenvalue weighted by Gasteiger charge is -2.30.